The Kier molecular flexibility index (Phi) is 6.35. The number of halogens is 1. The second-order valence-corrected chi connectivity index (χ2v) is 7.69. The lowest BCUT2D eigenvalue weighted by molar-refractivity contribution is -0.121. The predicted molar refractivity (Wildman–Crippen MR) is 107 cm³/mol. The van der Waals surface area contributed by atoms with E-state index in [4.69, 9.17) is 0 Å². The van der Waals surface area contributed by atoms with Gasteiger partial charge in [-0.25, -0.2) is 4.68 Å². The third-order valence-corrected chi connectivity index (χ3v) is 5.23. The Hall–Kier alpha value is -2.25. The molecule has 1 amide bonds. The summed E-state index contributed by atoms with van der Waals surface area (Å²) < 4.78 is 2.41. The second kappa shape index (κ2) is 8.91. The van der Waals surface area contributed by atoms with Crippen LogP contribution in [-0.2, 0) is 17.9 Å². The van der Waals surface area contributed by atoms with Crippen LogP contribution in [0.5, 0.6) is 0 Å². The molecule has 3 aromatic rings. The summed E-state index contributed by atoms with van der Waals surface area (Å²) in [6.07, 6.45) is 0.926. The summed E-state index contributed by atoms with van der Waals surface area (Å²) in [4.78, 5) is 25.0. The number of aryl methyl sites for hydroxylation is 1. The van der Waals surface area contributed by atoms with Crippen molar-refractivity contribution in [3.63, 3.8) is 0 Å². The highest BCUT2D eigenvalue weighted by Crippen LogP contribution is 2.18. The van der Waals surface area contributed by atoms with Crippen LogP contribution in [0.2, 0.25) is 0 Å². The summed E-state index contributed by atoms with van der Waals surface area (Å²) in [6, 6.07) is 14.9. The minimum absolute atomic E-state index is 0.0180. The van der Waals surface area contributed by atoms with Gasteiger partial charge in [-0.3, -0.25) is 9.59 Å². The van der Waals surface area contributed by atoms with Gasteiger partial charge in [0.05, 0.1) is 12.2 Å². The molecule has 0 unspecified atom stereocenters. The van der Waals surface area contributed by atoms with Crippen molar-refractivity contribution >= 4 is 33.2 Å². The van der Waals surface area contributed by atoms with Crippen LogP contribution in [0.4, 0.5) is 0 Å². The number of carbonyl (C=O) groups is 1. The molecule has 0 atom stereocenters. The van der Waals surface area contributed by atoms with E-state index in [1.165, 1.54) is 10.7 Å². The molecule has 3 rings (SSSR count). The average molecular weight is 432 g/mol. The molecule has 0 aliphatic heterocycles. The van der Waals surface area contributed by atoms with Crippen molar-refractivity contribution in [2.75, 3.05) is 0 Å². The normalized spacial score (nSPS) is 10.7. The summed E-state index contributed by atoms with van der Waals surface area (Å²) >= 11 is 5.02. The third kappa shape index (κ3) is 5.12. The molecule has 0 bridgehead atoms. The van der Waals surface area contributed by atoms with Crippen LogP contribution in [0.25, 0.3) is 11.3 Å². The number of hydrogen-bond donors (Lipinski definition) is 1. The van der Waals surface area contributed by atoms with Gasteiger partial charge < -0.3 is 5.32 Å². The van der Waals surface area contributed by atoms with Gasteiger partial charge >= 0.3 is 0 Å². The molecule has 1 aromatic carbocycles. The summed E-state index contributed by atoms with van der Waals surface area (Å²) in [5.74, 6) is -0.0180. The smallest absolute Gasteiger partial charge is 0.266 e. The van der Waals surface area contributed by atoms with Gasteiger partial charge in [0.1, 0.15) is 0 Å². The maximum absolute atomic E-state index is 12.0. The first-order valence-electron chi connectivity index (χ1n) is 8.25. The van der Waals surface area contributed by atoms with Crippen molar-refractivity contribution in [3.8, 4) is 11.3 Å². The molecule has 1 N–H and O–H groups in total. The fourth-order valence-corrected chi connectivity index (χ4v) is 3.37. The lowest BCUT2D eigenvalue weighted by Crippen LogP contribution is -2.25. The summed E-state index contributed by atoms with van der Waals surface area (Å²) in [5, 5.41) is 9.29. The zero-order valence-corrected chi connectivity index (χ0v) is 16.4. The monoisotopic (exact) mass is 431 g/mol. The Labute approximate surface area is 163 Å². The van der Waals surface area contributed by atoms with Gasteiger partial charge in [0.15, 0.2) is 0 Å². The second-order valence-electron chi connectivity index (χ2n) is 5.75. The molecule has 2 heterocycles. The van der Waals surface area contributed by atoms with Crippen LogP contribution < -0.4 is 10.9 Å². The lowest BCUT2D eigenvalue weighted by Gasteiger charge is -2.08. The van der Waals surface area contributed by atoms with Crippen molar-refractivity contribution < 1.29 is 4.79 Å². The molecule has 0 radical (unpaired) electrons. The summed E-state index contributed by atoms with van der Waals surface area (Å²) in [7, 11) is 0. The number of thiophene rings is 1. The maximum Gasteiger partial charge on any atom is 0.266 e. The van der Waals surface area contributed by atoms with Gasteiger partial charge in [-0.05, 0) is 36.1 Å². The number of amides is 1. The van der Waals surface area contributed by atoms with Crippen LogP contribution in [0.1, 0.15) is 17.7 Å². The number of rotatable bonds is 7. The molecule has 0 saturated heterocycles. The van der Waals surface area contributed by atoms with Gasteiger partial charge in [-0.1, -0.05) is 34.1 Å². The number of nitrogens with one attached hydrogen (secondary N) is 1. The maximum atomic E-state index is 12.0. The van der Waals surface area contributed by atoms with Crippen molar-refractivity contribution in [1.82, 2.24) is 15.1 Å². The van der Waals surface area contributed by atoms with Gasteiger partial charge in [0.25, 0.3) is 5.56 Å². The molecule has 0 fully saturated rings. The van der Waals surface area contributed by atoms with Crippen molar-refractivity contribution in [2.45, 2.75) is 25.9 Å². The Morgan fingerprint density at radius 2 is 1.96 bits per heavy atom. The van der Waals surface area contributed by atoms with E-state index in [0.29, 0.717) is 25.9 Å². The van der Waals surface area contributed by atoms with Gasteiger partial charge in [-0.15, -0.1) is 11.3 Å². The van der Waals surface area contributed by atoms with Crippen LogP contribution in [-0.4, -0.2) is 15.7 Å². The Morgan fingerprint density at radius 1 is 1.15 bits per heavy atom. The summed E-state index contributed by atoms with van der Waals surface area (Å²) in [6.45, 7) is 0.962. The minimum Gasteiger partial charge on any atom is -0.351 e. The fourth-order valence-electron chi connectivity index (χ4n) is 2.46. The van der Waals surface area contributed by atoms with Crippen LogP contribution >= 0.6 is 27.3 Å². The highest BCUT2D eigenvalue weighted by atomic mass is 79.9. The highest BCUT2D eigenvalue weighted by Gasteiger charge is 2.06. The Morgan fingerprint density at radius 3 is 2.69 bits per heavy atom. The average Bonchev–Trinajstić information content (AvgIpc) is 3.16. The molecular weight excluding hydrogens is 414 g/mol. The highest BCUT2D eigenvalue weighted by molar-refractivity contribution is 9.10. The lowest BCUT2D eigenvalue weighted by atomic mass is 10.1. The third-order valence-electron chi connectivity index (χ3n) is 3.82. The van der Waals surface area contributed by atoms with Crippen LogP contribution in [0.15, 0.2) is 63.2 Å². The molecule has 134 valence electrons. The van der Waals surface area contributed by atoms with E-state index in [1.807, 2.05) is 41.8 Å². The fraction of sp³-hybridized carbons (Fsp3) is 0.211. The topological polar surface area (TPSA) is 64.0 Å². The predicted octanol–water partition coefficient (Wildman–Crippen LogP) is 3.83. The molecule has 0 aliphatic rings. The number of nitrogens with zero attached hydrogens (tertiary/aromatic N) is 2. The van der Waals surface area contributed by atoms with Gasteiger partial charge in [-0.2, -0.15) is 5.10 Å². The van der Waals surface area contributed by atoms with E-state index in [0.717, 1.165) is 20.6 Å². The first-order chi connectivity index (χ1) is 12.6. The first kappa shape index (κ1) is 18.5. The van der Waals surface area contributed by atoms with E-state index >= 15 is 0 Å². The molecule has 7 heteroatoms. The SMILES string of the molecule is O=C(CCCn1nc(-c2ccc(Br)cc2)ccc1=O)NCc1cccs1. The largest absolute Gasteiger partial charge is 0.351 e. The zero-order chi connectivity index (χ0) is 18.4. The van der Waals surface area contributed by atoms with Gasteiger partial charge in [0, 0.05) is 33.9 Å². The quantitative estimate of drug-likeness (QED) is 0.617. The zero-order valence-electron chi connectivity index (χ0n) is 14.0. The molecule has 5 nitrogen and oxygen atoms in total. The Balaban J connectivity index is 1.55. The minimum atomic E-state index is -0.162. The molecule has 2 aromatic heterocycles. The van der Waals surface area contributed by atoms with E-state index < -0.39 is 0 Å². The summed E-state index contributed by atoms with van der Waals surface area (Å²) in [5.41, 5.74) is 1.51. The number of carbonyl (C=O) groups excluding carboxylic acids is 1. The molecular formula is C19H18BrN3O2S. The molecule has 0 aliphatic carbocycles. The first-order valence-corrected chi connectivity index (χ1v) is 9.92. The van der Waals surface area contributed by atoms with Crippen LogP contribution in [0.3, 0.4) is 0 Å². The van der Waals surface area contributed by atoms with E-state index in [-0.39, 0.29) is 11.5 Å². The Bertz CT molecular complexity index is 921. The van der Waals surface area contributed by atoms with Crippen molar-refractivity contribution in [1.29, 1.82) is 0 Å². The number of benzene rings is 1. The number of aromatic nitrogens is 2. The standard InChI is InChI=1S/C19H18BrN3O2S/c20-15-7-5-14(6-8-15)17-9-10-19(25)23(22-17)11-1-4-18(24)21-13-16-3-2-12-26-16/h2-3,5-10,12H,1,4,11,13H2,(H,21,24). The van der Waals surface area contributed by atoms with Gasteiger partial charge in [0.2, 0.25) is 5.91 Å². The number of hydrogen-bond acceptors (Lipinski definition) is 4. The van der Waals surface area contributed by atoms with Crippen molar-refractivity contribution in [3.05, 3.63) is 73.6 Å². The van der Waals surface area contributed by atoms with Crippen molar-refractivity contribution in [2.24, 2.45) is 0 Å². The van der Waals surface area contributed by atoms with E-state index in [2.05, 4.69) is 26.3 Å². The molecule has 0 saturated carbocycles. The van der Waals surface area contributed by atoms with E-state index in [1.54, 1.807) is 17.4 Å². The molecule has 26 heavy (non-hydrogen) atoms. The van der Waals surface area contributed by atoms with Crippen LogP contribution in [0, 0.1) is 0 Å². The molecule has 0 spiro atoms. The van der Waals surface area contributed by atoms with E-state index in [9.17, 15) is 9.59 Å².